The van der Waals surface area contributed by atoms with Crippen LogP contribution in [0.3, 0.4) is 0 Å². The van der Waals surface area contributed by atoms with Gasteiger partial charge in [-0.25, -0.2) is 0 Å². The zero-order chi connectivity index (χ0) is 27.7. The lowest BCUT2D eigenvalue weighted by atomic mass is 9.58. The fourth-order valence-electron chi connectivity index (χ4n) is 6.15. The largest absolute Gasteiger partial charge is 0.507 e. The van der Waals surface area contributed by atoms with Crippen LogP contribution in [-0.4, -0.2) is 27.0 Å². The highest BCUT2D eigenvalue weighted by Crippen LogP contribution is 2.53. The maximum Gasteiger partial charge on any atom is 0.123 e. The SMILES string of the molecule is CC(C)=CCC/C(C)=C\Cc1c(O)cc(/C=C/c2ccc3c(c2)C[C@H]2C(C)(C)[C@H](O)CC[C@@]2(C)O3)cc1O. The molecular formula is C34H44O4. The Labute approximate surface area is 228 Å². The fourth-order valence-corrected chi connectivity index (χ4v) is 6.15. The van der Waals surface area contributed by atoms with Crippen LogP contribution in [0.2, 0.25) is 0 Å². The molecule has 0 saturated heterocycles. The summed E-state index contributed by atoms with van der Waals surface area (Å²) in [4.78, 5) is 0. The average molecular weight is 517 g/mol. The number of allylic oxidation sites excluding steroid dienone is 4. The van der Waals surface area contributed by atoms with E-state index in [1.165, 1.54) is 11.1 Å². The molecule has 38 heavy (non-hydrogen) atoms. The maximum absolute atomic E-state index is 10.7. The Balaban J connectivity index is 1.48. The molecule has 0 spiro atoms. The molecule has 0 bridgehead atoms. The number of benzene rings is 2. The number of aromatic hydroxyl groups is 2. The Bertz CT molecular complexity index is 1240. The summed E-state index contributed by atoms with van der Waals surface area (Å²) in [6.45, 7) is 12.8. The molecule has 0 unspecified atom stereocenters. The van der Waals surface area contributed by atoms with Gasteiger partial charge >= 0.3 is 0 Å². The molecule has 204 valence electrons. The minimum Gasteiger partial charge on any atom is -0.507 e. The predicted molar refractivity (Wildman–Crippen MR) is 157 cm³/mol. The smallest absolute Gasteiger partial charge is 0.123 e. The highest BCUT2D eigenvalue weighted by molar-refractivity contribution is 5.72. The third kappa shape index (κ3) is 6.02. The van der Waals surface area contributed by atoms with Gasteiger partial charge in [-0.05, 0) is 113 Å². The molecule has 2 aromatic carbocycles. The summed E-state index contributed by atoms with van der Waals surface area (Å²) in [5.41, 5.74) is 5.56. The molecule has 4 heteroatoms. The van der Waals surface area contributed by atoms with Crippen LogP contribution in [0.1, 0.15) is 89.5 Å². The van der Waals surface area contributed by atoms with Gasteiger partial charge in [0, 0.05) is 11.5 Å². The van der Waals surface area contributed by atoms with E-state index in [0.717, 1.165) is 54.5 Å². The van der Waals surface area contributed by atoms with Gasteiger partial charge in [0.2, 0.25) is 0 Å². The molecular weight excluding hydrogens is 472 g/mol. The van der Waals surface area contributed by atoms with E-state index in [9.17, 15) is 15.3 Å². The minimum atomic E-state index is -0.320. The molecule has 1 saturated carbocycles. The lowest BCUT2D eigenvalue weighted by Gasteiger charge is -2.55. The first-order valence-electron chi connectivity index (χ1n) is 13.9. The number of aliphatic hydroxyl groups is 1. The molecule has 1 fully saturated rings. The molecule has 3 atom stereocenters. The summed E-state index contributed by atoms with van der Waals surface area (Å²) in [7, 11) is 0. The minimum absolute atomic E-state index is 0.106. The van der Waals surface area contributed by atoms with Gasteiger partial charge in [0.15, 0.2) is 0 Å². The molecule has 1 aliphatic carbocycles. The molecule has 0 amide bonds. The van der Waals surface area contributed by atoms with Gasteiger partial charge in [0.05, 0.1) is 6.10 Å². The molecule has 1 aliphatic heterocycles. The van der Waals surface area contributed by atoms with Gasteiger partial charge in [-0.3, -0.25) is 0 Å². The van der Waals surface area contributed by atoms with Gasteiger partial charge < -0.3 is 20.1 Å². The number of fused-ring (bicyclic) bond motifs is 2. The van der Waals surface area contributed by atoms with Crippen LogP contribution in [-0.2, 0) is 12.8 Å². The number of aliphatic hydroxyl groups excluding tert-OH is 1. The molecule has 4 rings (SSSR count). The van der Waals surface area contributed by atoms with Crippen molar-refractivity contribution < 1.29 is 20.1 Å². The summed E-state index contributed by atoms with van der Waals surface area (Å²) in [6, 6.07) is 9.64. The highest BCUT2D eigenvalue weighted by atomic mass is 16.5. The maximum atomic E-state index is 10.7. The van der Waals surface area contributed by atoms with E-state index >= 15 is 0 Å². The van der Waals surface area contributed by atoms with Crippen LogP contribution < -0.4 is 4.74 Å². The van der Waals surface area contributed by atoms with Crippen molar-refractivity contribution in [1.29, 1.82) is 0 Å². The number of hydrogen-bond acceptors (Lipinski definition) is 4. The van der Waals surface area contributed by atoms with Crippen molar-refractivity contribution in [2.45, 2.75) is 91.8 Å². The topological polar surface area (TPSA) is 69.9 Å². The van der Waals surface area contributed by atoms with Gasteiger partial charge in [-0.15, -0.1) is 0 Å². The first kappa shape index (κ1) is 28.0. The molecule has 2 aromatic rings. The van der Waals surface area contributed by atoms with E-state index in [0.29, 0.717) is 12.0 Å². The van der Waals surface area contributed by atoms with Gasteiger partial charge in [-0.1, -0.05) is 55.4 Å². The molecule has 0 radical (unpaired) electrons. The third-order valence-corrected chi connectivity index (χ3v) is 8.70. The molecule has 3 N–H and O–H groups in total. The zero-order valence-corrected chi connectivity index (χ0v) is 23.8. The number of phenolic OH excluding ortho intramolecular Hbond substituents is 2. The molecule has 2 aliphatic rings. The average Bonchev–Trinajstić information content (AvgIpc) is 2.84. The van der Waals surface area contributed by atoms with E-state index in [4.69, 9.17) is 4.74 Å². The Kier molecular flexibility index (Phi) is 8.13. The zero-order valence-electron chi connectivity index (χ0n) is 23.8. The highest BCUT2D eigenvalue weighted by Gasteiger charge is 2.54. The van der Waals surface area contributed by atoms with Crippen LogP contribution in [0, 0.1) is 11.3 Å². The van der Waals surface area contributed by atoms with Crippen LogP contribution in [0.15, 0.2) is 53.6 Å². The van der Waals surface area contributed by atoms with Crippen LogP contribution in [0.25, 0.3) is 12.2 Å². The lowest BCUT2D eigenvalue weighted by molar-refractivity contribution is -0.137. The van der Waals surface area contributed by atoms with Crippen molar-refractivity contribution >= 4 is 12.2 Å². The lowest BCUT2D eigenvalue weighted by Crippen LogP contribution is -2.58. The Morgan fingerprint density at radius 3 is 2.34 bits per heavy atom. The number of ether oxygens (including phenoxy) is 1. The second kappa shape index (κ2) is 11.0. The van der Waals surface area contributed by atoms with Crippen molar-refractivity contribution in [3.8, 4) is 17.2 Å². The van der Waals surface area contributed by atoms with Crippen molar-refractivity contribution in [2.75, 3.05) is 0 Å². The second-order valence-corrected chi connectivity index (χ2v) is 12.4. The molecule has 4 nitrogen and oxygen atoms in total. The summed E-state index contributed by atoms with van der Waals surface area (Å²) in [5.74, 6) is 1.37. The van der Waals surface area contributed by atoms with Crippen molar-refractivity contribution in [2.24, 2.45) is 11.3 Å². The monoisotopic (exact) mass is 516 g/mol. The van der Waals surface area contributed by atoms with Gasteiger partial charge in [0.1, 0.15) is 22.8 Å². The van der Waals surface area contributed by atoms with E-state index < -0.39 is 0 Å². The summed E-state index contributed by atoms with van der Waals surface area (Å²) >= 11 is 0. The standard InChI is InChI=1S/C34H44O4/c1-22(2)8-7-9-23(3)10-14-27-28(35)19-25(20-29(27)36)12-11-24-13-15-30-26(18-24)21-31-33(4,5)32(37)16-17-34(31,6)38-30/h8,10-13,15,18-20,31-32,35-37H,7,9,14,16-17,21H2,1-6H3/b12-11+,23-10-/t31-,32+,34+/m0/s1. The Morgan fingerprint density at radius 2 is 1.66 bits per heavy atom. The number of phenols is 2. The van der Waals surface area contributed by atoms with Crippen molar-refractivity contribution in [3.05, 3.63) is 75.9 Å². The number of rotatable bonds is 7. The predicted octanol–water partition coefficient (Wildman–Crippen LogP) is 7.99. The normalized spacial score (nSPS) is 24.4. The Morgan fingerprint density at radius 1 is 0.974 bits per heavy atom. The van der Waals surface area contributed by atoms with E-state index in [-0.39, 0.29) is 34.5 Å². The van der Waals surface area contributed by atoms with Gasteiger partial charge in [0.25, 0.3) is 0 Å². The second-order valence-electron chi connectivity index (χ2n) is 12.4. The van der Waals surface area contributed by atoms with E-state index in [1.54, 1.807) is 12.1 Å². The quantitative estimate of drug-likeness (QED) is 0.258. The summed E-state index contributed by atoms with van der Waals surface area (Å²) in [6.07, 6.45) is 12.9. The first-order valence-corrected chi connectivity index (χ1v) is 13.9. The third-order valence-electron chi connectivity index (χ3n) is 8.70. The summed E-state index contributed by atoms with van der Waals surface area (Å²) < 4.78 is 6.53. The fraction of sp³-hybridized carbons (Fsp3) is 0.471. The van der Waals surface area contributed by atoms with Crippen LogP contribution >= 0.6 is 0 Å². The summed E-state index contributed by atoms with van der Waals surface area (Å²) in [5, 5.41) is 31.9. The first-order chi connectivity index (χ1) is 17.9. The van der Waals surface area contributed by atoms with E-state index in [1.807, 2.05) is 24.3 Å². The molecule has 1 heterocycles. The molecule has 0 aromatic heterocycles. The van der Waals surface area contributed by atoms with Gasteiger partial charge in [-0.2, -0.15) is 0 Å². The van der Waals surface area contributed by atoms with Crippen LogP contribution in [0.4, 0.5) is 0 Å². The van der Waals surface area contributed by atoms with Crippen molar-refractivity contribution in [3.63, 3.8) is 0 Å². The number of hydrogen-bond donors (Lipinski definition) is 3. The van der Waals surface area contributed by atoms with Crippen LogP contribution in [0.5, 0.6) is 17.2 Å². The van der Waals surface area contributed by atoms with Crippen molar-refractivity contribution in [1.82, 2.24) is 0 Å². The Hall–Kier alpha value is -2.98. The van der Waals surface area contributed by atoms with E-state index in [2.05, 4.69) is 59.8 Å².